The summed E-state index contributed by atoms with van der Waals surface area (Å²) in [6.07, 6.45) is 3.85. The molecule has 8 heteroatoms. The number of nitrogens with one attached hydrogen (secondary N) is 2. The van der Waals surface area contributed by atoms with Gasteiger partial charge in [-0.2, -0.15) is 0 Å². The topological polar surface area (TPSA) is 74.8 Å². The lowest BCUT2D eigenvalue weighted by Gasteiger charge is -2.08. The fourth-order valence-electron chi connectivity index (χ4n) is 1.51. The van der Waals surface area contributed by atoms with E-state index in [0.717, 1.165) is 10.3 Å². The zero-order valence-corrected chi connectivity index (χ0v) is 13.7. The molecule has 1 aromatic carbocycles. The normalized spacial score (nSPS) is 11.7. The van der Waals surface area contributed by atoms with Crippen LogP contribution in [0.1, 0.15) is 5.82 Å². The van der Waals surface area contributed by atoms with Gasteiger partial charge in [0.25, 0.3) is 0 Å². The van der Waals surface area contributed by atoms with Crippen LogP contribution in [0.3, 0.4) is 0 Å². The quantitative estimate of drug-likeness (QED) is 0.797. The Morgan fingerprint density at radius 2 is 2.11 bits per heavy atom. The number of benzene rings is 1. The zero-order chi connectivity index (χ0) is 13.9. The monoisotopic (exact) mass is 407 g/mol. The fraction of sp³-hybridized carbons (Fsp3) is 0.182. The molecule has 2 N–H and O–H groups in total. The number of sulfonamides is 1. The Balaban J connectivity index is 2.05. The molecular weight excluding hydrogens is 398 g/mol. The molecule has 0 radical (unpaired) electrons. The van der Waals surface area contributed by atoms with Crippen molar-refractivity contribution in [3.63, 3.8) is 0 Å². The minimum Gasteiger partial charge on any atom is -0.349 e. The summed E-state index contributed by atoms with van der Waals surface area (Å²) in [5, 5.41) is 0. The molecular formula is C11H11Br2N3O2S. The molecule has 0 unspecified atom stereocenters. The van der Waals surface area contributed by atoms with Gasteiger partial charge >= 0.3 is 0 Å². The van der Waals surface area contributed by atoms with Gasteiger partial charge in [0.05, 0.1) is 4.90 Å². The molecule has 0 aliphatic rings. The van der Waals surface area contributed by atoms with E-state index < -0.39 is 10.0 Å². The highest BCUT2D eigenvalue weighted by atomic mass is 79.9. The summed E-state index contributed by atoms with van der Waals surface area (Å²) in [5.74, 6) is 0.748. The van der Waals surface area contributed by atoms with Crippen LogP contribution >= 0.6 is 31.9 Å². The second kappa shape index (κ2) is 6.17. The third-order valence-corrected chi connectivity index (χ3v) is 5.32. The molecule has 5 nitrogen and oxygen atoms in total. The predicted octanol–water partition coefficient (Wildman–Crippen LogP) is 2.46. The Hall–Kier alpha value is -0.700. The molecule has 0 atom stereocenters. The smallest absolute Gasteiger partial charge is 0.241 e. The summed E-state index contributed by atoms with van der Waals surface area (Å²) >= 11 is 6.53. The van der Waals surface area contributed by atoms with Gasteiger partial charge in [-0.05, 0) is 34.1 Å². The lowest BCUT2D eigenvalue weighted by Crippen LogP contribution is -2.26. The lowest BCUT2D eigenvalue weighted by molar-refractivity contribution is 0.580. The Morgan fingerprint density at radius 3 is 2.74 bits per heavy atom. The van der Waals surface area contributed by atoms with Crippen LogP contribution in [0.2, 0.25) is 0 Å². The van der Waals surface area contributed by atoms with Crippen molar-refractivity contribution in [2.24, 2.45) is 0 Å². The first kappa shape index (κ1) is 14.7. The summed E-state index contributed by atoms with van der Waals surface area (Å²) < 4.78 is 28.1. The van der Waals surface area contributed by atoms with Crippen molar-refractivity contribution in [1.82, 2.24) is 14.7 Å². The number of hydrogen-bond donors (Lipinski definition) is 2. The van der Waals surface area contributed by atoms with Crippen molar-refractivity contribution < 1.29 is 8.42 Å². The maximum absolute atomic E-state index is 12.1. The third kappa shape index (κ3) is 3.88. The van der Waals surface area contributed by atoms with Gasteiger partial charge in [0.15, 0.2) is 0 Å². The van der Waals surface area contributed by atoms with Crippen molar-refractivity contribution in [3.8, 4) is 0 Å². The van der Waals surface area contributed by atoms with Gasteiger partial charge in [0, 0.05) is 34.3 Å². The summed E-state index contributed by atoms with van der Waals surface area (Å²) in [6, 6.07) is 4.93. The average Bonchev–Trinajstić information content (AvgIpc) is 2.81. The Labute approximate surface area is 128 Å². The molecule has 0 fully saturated rings. The summed E-state index contributed by atoms with van der Waals surface area (Å²) in [6.45, 7) is 0.290. The Morgan fingerprint density at radius 1 is 1.32 bits per heavy atom. The number of rotatable bonds is 5. The second-order valence-electron chi connectivity index (χ2n) is 3.76. The minimum atomic E-state index is -3.52. The number of nitrogens with zero attached hydrogens (tertiary/aromatic N) is 1. The number of aromatic amines is 1. The molecule has 2 rings (SSSR count). The largest absolute Gasteiger partial charge is 0.349 e. The predicted molar refractivity (Wildman–Crippen MR) is 79.3 cm³/mol. The fourth-order valence-corrected chi connectivity index (χ4v) is 4.28. The number of H-pyrrole nitrogens is 1. The SMILES string of the molecule is O=S(=O)(NCCc1ncc[nH]1)c1ccc(Br)cc1Br. The average molecular weight is 409 g/mol. The van der Waals surface area contributed by atoms with Crippen molar-refractivity contribution in [2.45, 2.75) is 11.3 Å². The molecule has 19 heavy (non-hydrogen) atoms. The summed E-state index contributed by atoms with van der Waals surface area (Å²) in [7, 11) is -3.52. The maximum Gasteiger partial charge on any atom is 0.241 e. The van der Waals surface area contributed by atoms with Crippen molar-refractivity contribution in [2.75, 3.05) is 6.54 Å². The summed E-state index contributed by atoms with van der Waals surface area (Å²) in [4.78, 5) is 7.17. The van der Waals surface area contributed by atoms with Crippen molar-refractivity contribution in [1.29, 1.82) is 0 Å². The van der Waals surface area contributed by atoms with E-state index in [9.17, 15) is 8.42 Å². The number of imidazole rings is 1. The van der Waals surface area contributed by atoms with Crippen LogP contribution in [0.25, 0.3) is 0 Å². The molecule has 0 aliphatic carbocycles. The molecule has 0 amide bonds. The molecule has 0 spiro atoms. The number of hydrogen-bond acceptors (Lipinski definition) is 3. The Bertz CT molecular complexity index is 657. The van der Waals surface area contributed by atoms with Crippen LogP contribution in [-0.4, -0.2) is 24.9 Å². The van der Waals surface area contributed by atoms with Crippen LogP contribution < -0.4 is 4.72 Å². The van der Waals surface area contributed by atoms with Crippen LogP contribution in [0.5, 0.6) is 0 Å². The molecule has 2 aromatic rings. The van der Waals surface area contributed by atoms with E-state index in [1.807, 2.05) is 0 Å². The molecule has 1 aromatic heterocycles. The molecule has 0 bridgehead atoms. The van der Waals surface area contributed by atoms with Crippen molar-refractivity contribution in [3.05, 3.63) is 45.4 Å². The zero-order valence-electron chi connectivity index (χ0n) is 9.73. The van der Waals surface area contributed by atoms with Gasteiger partial charge in [-0.1, -0.05) is 15.9 Å². The number of aromatic nitrogens is 2. The summed E-state index contributed by atoms with van der Waals surface area (Å²) in [5.41, 5.74) is 0. The van der Waals surface area contributed by atoms with Gasteiger partial charge < -0.3 is 4.98 Å². The molecule has 102 valence electrons. The Kier molecular flexibility index (Phi) is 4.77. The highest BCUT2D eigenvalue weighted by molar-refractivity contribution is 9.11. The first-order valence-corrected chi connectivity index (χ1v) is 8.49. The van der Waals surface area contributed by atoms with Gasteiger partial charge in [0.1, 0.15) is 5.82 Å². The number of halogens is 2. The molecule has 0 saturated heterocycles. The van der Waals surface area contributed by atoms with Gasteiger partial charge in [0.2, 0.25) is 10.0 Å². The second-order valence-corrected chi connectivity index (χ2v) is 7.26. The highest BCUT2D eigenvalue weighted by Crippen LogP contribution is 2.25. The van der Waals surface area contributed by atoms with Gasteiger partial charge in [-0.25, -0.2) is 18.1 Å². The molecule has 0 saturated carbocycles. The van der Waals surface area contributed by atoms with E-state index in [4.69, 9.17) is 0 Å². The van der Waals surface area contributed by atoms with E-state index >= 15 is 0 Å². The third-order valence-electron chi connectivity index (χ3n) is 2.39. The highest BCUT2D eigenvalue weighted by Gasteiger charge is 2.17. The van der Waals surface area contributed by atoms with Gasteiger partial charge in [-0.3, -0.25) is 0 Å². The van der Waals surface area contributed by atoms with E-state index in [0.29, 0.717) is 17.4 Å². The van der Waals surface area contributed by atoms with Gasteiger partial charge in [-0.15, -0.1) is 0 Å². The van der Waals surface area contributed by atoms with Crippen LogP contribution in [0.15, 0.2) is 44.4 Å². The lowest BCUT2D eigenvalue weighted by atomic mass is 10.4. The van der Waals surface area contributed by atoms with E-state index in [2.05, 4.69) is 46.5 Å². The van der Waals surface area contributed by atoms with E-state index in [1.54, 1.807) is 30.6 Å². The van der Waals surface area contributed by atoms with E-state index in [-0.39, 0.29) is 4.90 Å². The van der Waals surface area contributed by atoms with E-state index in [1.165, 1.54) is 0 Å². The molecule has 0 aliphatic heterocycles. The molecule has 1 heterocycles. The van der Waals surface area contributed by atoms with Crippen LogP contribution in [0, 0.1) is 0 Å². The van der Waals surface area contributed by atoms with Crippen LogP contribution in [0.4, 0.5) is 0 Å². The van der Waals surface area contributed by atoms with Crippen LogP contribution in [-0.2, 0) is 16.4 Å². The minimum absolute atomic E-state index is 0.218. The standard InChI is InChI=1S/C11H11Br2N3O2S/c12-8-1-2-10(9(13)7-8)19(17,18)16-4-3-11-14-5-6-15-11/h1-2,5-7,16H,3-4H2,(H,14,15). The van der Waals surface area contributed by atoms with Crippen molar-refractivity contribution >= 4 is 41.9 Å². The maximum atomic E-state index is 12.1. The first-order valence-electron chi connectivity index (χ1n) is 5.42. The first-order chi connectivity index (χ1) is 8.99.